The van der Waals surface area contributed by atoms with Crippen LogP contribution < -0.4 is 31.9 Å². The van der Waals surface area contributed by atoms with E-state index < -0.39 is 0 Å². The molecule has 4 fully saturated rings. The van der Waals surface area contributed by atoms with Crippen molar-refractivity contribution < 1.29 is 23.7 Å². The van der Waals surface area contributed by atoms with Crippen LogP contribution in [0.1, 0.15) is 53.3 Å². The van der Waals surface area contributed by atoms with Gasteiger partial charge in [0.05, 0.1) is 58.5 Å². The topological polar surface area (TPSA) is 173 Å². The van der Waals surface area contributed by atoms with Gasteiger partial charge in [0.1, 0.15) is 22.6 Å². The third-order valence-electron chi connectivity index (χ3n) is 14.1. The van der Waals surface area contributed by atoms with Gasteiger partial charge in [-0.2, -0.15) is 0 Å². The van der Waals surface area contributed by atoms with E-state index in [2.05, 4.69) is 101 Å². The van der Waals surface area contributed by atoms with Crippen LogP contribution in [0.2, 0.25) is 5.15 Å². The summed E-state index contributed by atoms with van der Waals surface area (Å²) in [4.78, 5) is 21.3. The Kier molecular flexibility index (Phi) is 17.4. The first-order valence-electron chi connectivity index (χ1n) is 25.7. The Balaban J connectivity index is 0.000000136. The second-order valence-corrected chi connectivity index (χ2v) is 19.6. The Labute approximate surface area is 435 Å². The lowest BCUT2D eigenvalue weighted by Gasteiger charge is -2.30. The molecule has 8 heterocycles. The number of benzene rings is 3. The molecule has 0 spiro atoms. The minimum absolute atomic E-state index is 0.463. The number of hydrogen-bond donors (Lipinski definition) is 3. The van der Waals surface area contributed by atoms with Gasteiger partial charge in [-0.15, -0.1) is 0 Å². The summed E-state index contributed by atoms with van der Waals surface area (Å²) in [6.07, 6.45) is 5.11. The van der Waals surface area contributed by atoms with Gasteiger partial charge in [0.25, 0.3) is 0 Å². The van der Waals surface area contributed by atoms with E-state index in [1.54, 1.807) is 0 Å². The van der Waals surface area contributed by atoms with Crippen LogP contribution in [-0.2, 0) is 23.7 Å². The molecule has 11 rings (SSSR count). The number of nitrogen functional groups attached to an aromatic ring is 3. The van der Waals surface area contributed by atoms with Crippen LogP contribution in [0.15, 0.2) is 97.1 Å². The zero-order chi connectivity index (χ0) is 50.7. The Hall–Kier alpha value is -6.26. The maximum atomic E-state index is 6.21. The monoisotopic (exact) mass is 1010 g/mol. The smallest absolute Gasteiger partial charge is 0.132 e. The first kappa shape index (κ1) is 51.6. The van der Waals surface area contributed by atoms with Gasteiger partial charge in [-0.3, -0.25) is 0 Å². The van der Waals surface area contributed by atoms with Gasteiger partial charge in [0.15, 0.2) is 0 Å². The molecule has 3 aromatic heterocycles. The van der Waals surface area contributed by atoms with E-state index in [1.165, 1.54) is 39.1 Å². The molecule has 0 atom stereocenters. The van der Waals surface area contributed by atoms with Crippen molar-refractivity contribution in [3.05, 3.63) is 130 Å². The molecule has 0 amide bonds. The summed E-state index contributed by atoms with van der Waals surface area (Å²) in [5.74, 6) is 3.41. The predicted octanol–water partition coefficient (Wildman–Crippen LogP) is 9.78. The van der Waals surface area contributed by atoms with Crippen molar-refractivity contribution in [3.8, 4) is 33.4 Å². The molecule has 5 aliphatic rings. The zero-order valence-corrected chi connectivity index (χ0v) is 43.3. The second-order valence-electron chi connectivity index (χ2n) is 19.2. The number of ether oxygens (including phenoxy) is 5. The molecule has 4 saturated heterocycles. The molecule has 0 radical (unpaired) electrons. The van der Waals surface area contributed by atoms with Crippen molar-refractivity contribution in [1.29, 1.82) is 0 Å². The van der Waals surface area contributed by atoms with Crippen LogP contribution in [0.5, 0.6) is 0 Å². The molecule has 5 aliphatic heterocycles. The maximum Gasteiger partial charge on any atom is 0.132 e. The average molecular weight is 1010 g/mol. The van der Waals surface area contributed by atoms with Crippen LogP contribution in [0.25, 0.3) is 39.0 Å². The summed E-state index contributed by atoms with van der Waals surface area (Å²) < 4.78 is 27.4. The van der Waals surface area contributed by atoms with E-state index >= 15 is 0 Å². The summed E-state index contributed by atoms with van der Waals surface area (Å²) in [6.45, 7) is 19.0. The van der Waals surface area contributed by atoms with Crippen molar-refractivity contribution in [2.24, 2.45) is 0 Å². The van der Waals surface area contributed by atoms with Gasteiger partial charge in [0.2, 0.25) is 0 Å². The Morgan fingerprint density at radius 1 is 0.466 bits per heavy atom. The Bertz CT molecular complexity index is 2820. The summed E-state index contributed by atoms with van der Waals surface area (Å²) in [7, 11) is 0. The molecule has 15 heteroatoms. The molecule has 73 heavy (non-hydrogen) atoms. The number of anilines is 6. The molecule has 6 aromatic rings. The molecule has 0 unspecified atom stereocenters. The molecular formula is C58H70ClN9O5. The number of halogens is 1. The van der Waals surface area contributed by atoms with E-state index in [-0.39, 0.29) is 0 Å². The quantitative estimate of drug-likeness (QED) is 0.0972. The third kappa shape index (κ3) is 13.5. The van der Waals surface area contributed by atoms with Crippen LogP contribution in [0, 0.1) is 20.8 Å². The van der Waals surface area contributed by atoms with E-state index in [0.29, 0.717) is 17.7 Å². The van der Waals surface area contributed by atoms with Gasteiger partial charge in [-0.1, -0.05) is 35.9 Å². The highest BCUT2D eigenvalue weighted by atomic mass is 35.5. The molecule has 384 valence electrons. The zero-order valence-electron chi connectivity index (χ0n) is 42.6. The Morgan fingerprint density at radius 3 is 1.36 bits per heavy atom. The van der Waals surface area contributed by atoms with Crippen LogP contribution in [0.3, 0.4) is 0 Å². The van der Waals surface area contributed by atoms with Gasteiger partial charge in [0, 0.05) is 81.2 Å². The number of hydrogen-bond acceptors (Lipinski definition) is 14. The minimum atomic E-state index is 0.463. The van der Waals surface area contributed by atoms with Gasteiger partial charge in [-0.25, -0.2) is 15.0 Å². The SMILES string of the molecule is Cc1ccc(N)cc1-c1cc(C2=CCOCC2)nc(N2CCOCC2)c1.Cc1ccc(N)cc1-c1cc(C2CCOCC2)nc(N2CCOCC2)c1.Cc1ccc(N)cc1-c1cc(Cl)nc(N2CCOCC2)c1. The van der Waals surface area contributed by atoms with Crippen LogP contribution in [-0.4, -0.2) is 120 Å². The van der Waals surface area contributed by atoms with Crippen molar-refractivity contribution in [3.63, 3.8) is 0 Å². The summed E-state index contributed by atoms with van der Waals surface area (Å²) >= 11 is 6.21. The molecule has 3 aromatic carbocycles. The fourth-order valence-corrected chi connectivity index (χ4v) is 10.0. The predicted molar refractivity (Wildman–Crippen MR) is 297 cm³/mol. The van der Waals surface area contributed by atoms with Crippen molar-refractivity contribution in [1.82, 2.24) is 15.0 Å². The highest BCUT2D eigenvalue weighted by Gasteiger charge is 2.23. The van der Waals surface area contributed by atoms with Crippen molar-refractivity contribution in [2.75, 3.05) is 137 Å². The average Bonchev–Trinajstić information content (AvgIpc) is 3.44. The Morgan fingerprint density at radius 2 is 0.890 bits per heavy atom. The largest absolute Gasteiger partial charge is 0.399 e. The standard InChI is InChI=1S/C21H27N3O2.C21H25N3O2.C16H18ClN3O/c2*1-15-2-3-18(22)14-19(15)17-12-20(16-4-8-25-9-5-16)23-21(13-17)24-6-10-26-11-7-24;1-11-2-3-13(18)10-14(11)12-8-15(17)19-16(9-12)20-4-6-21-7-5-20/h2-3,12-14,16H,4-11,22H2,1H3;2-4,12-14H,5-11,22H2,1H3;2-3,8-10H,4-7,18H2,1H3. The number of rotatable bonds is 8. The number of nitrogens with two attached hydrogens (primary N) is 3. The van der Waals surface area contributed by atoms with E-state index in [1.807, 2.05) is 36.4 Å². The number of morpholine rings is 3. The van der Waals surface area contributed by atoms with Crippen molar-refractivity contribution in [2.45, 2.75) is 46.0 Å². The number of aromatic nitrogens is 3. The summed E-state index contributed by atoms with van der Waals surface area (Å²) in [5, 5.41) is 0.496. The van der Waals surface area contributed by atoms with E-state index in [9.17, 15) is 0 Å². The molecule has 14 nitrogen and oxygen atoms in total. The number of pyridine rings is 3. The van der Waals surface area contributed by atoms with Gasteiger partial charge < -0.3 is 55.6 Å². The van der Waals surface area contributed by atoms with E-state index in [4.69, 9.17) is 62.5 Å². The first-order valence-corrected chi connectivity index (χ1v) is 26.1. The van der Waals surface area contributed by atoms with Gasteiger partial charge in [-0.05, 0) is 168 Å². The van der Waals surface area contributed by atoms with Crippen LogP contribution in [0.4, 0.5) is 34.5 Å². The van der Waals surface area contributed by atoms with Crippen molar-refractivity contribution >= 4 is 51.7 Å². The number of aryl methyl sites for hydroxylation is 3. The summed E-state index contributed by atoms with van der Waals surface area (Å²) in [6, 6.07) is 30.9. The fourth-order valence-electron chi connectivity index (χ4n) is 9.84. The molecule has 0 aliphatic carbocycles. The highest BCUT2D eigenvalue weighted by Crippen LogP contribution is 2.36. The second kappa shape index (κ2) is 24.6. The summed E-state index contributed by atoms with van der Waals surface area (Å²) in [5.41, 5.74) is 34.3. The number of nitrogens with zero attached hydrogens (tertiary/aromatic N) is 6. The molecule has 0 bridgehead atoms. The van der Waals surface area contributed by atoms with Gasteiger partial charge >= 0.3 is 0 Å². The van der Waals surface area contributed by atoms with E-state index in [0.717, 1.165) is 180 Å². The lowest BCUT2D eigenvalue weighted by molar-refractivity contribution is 0.0845. The molecular weight excluding hydrogens is 938 g/mol. The maximum absolute atomic E-state index is 6.21. The lowest BCUT2D eigenvalue weighted by Crippen LogP contribution is -2.37. The highest BCUT2D eigenvalue weighted by molar-refractivity contribution is 6.29. The molecule has 6 N–H and O–H groups in total. The lowest BCUT2D eigenvalue weighted by atomic mass is 9.92. The minimum Gasteiger partial charge on any atom is -0.399 e. The third-order valence-corrected chi connectivity index (χ3v) is 14.3. The first-order chi connectivity index (χ1) is 35.5. The fraction of sp³-hybridized carbons (Fsp3) is 0.397. The van der Waals surface area contributed by atoms with Crippen LogP contribution >= 0.6 is 11.6 Å². The molecule has 0 saturated carbocycles. The normalized spacial score (nSPS) is 17.5.